The van der Waals surface area contributed by atoms with Crippen molar-refractivity contribution >= 4 is 12.4 Å². The summed E-state index contributed by atoms with van der Waals surface area (Å²) in [7, 11) is 3.41. The molecule has 7 heteroatoms. The second-order valence-corrected chi connectivity index (χ2v) is 7.21. The Morgan fingerprint density at radius 3 is 2.57 bits per heavy atom. The normalized spacial score (nSPS) is 15.1. The molecule has 1 saturated heterocycles. The van der Waals surface area contributed by atoms with E-state index in [0.717, 1.165) is 50.3 Å². The lowest BCUT2D eigenvalue weighted by atomic mass is 10.0. The van der Waals surface area contributed by atoms with E-state index in [1.807, 2.05) is 23.7 Å². The fourth-order valence-electron chi connectivity index (χ4n) is 3.66. The number of piperidine rings is 1. The van der Waals surface area contributed by atoms with Crippen molar-refractivity contribution in [2.75, 3.05) is 20.2 Å². The van der Waals surface area contributed by atoms with Crippen LogP contribution < -0.4 is 10.1 Å². The summed E-state index contributed by atoms with van der Waals surface area (Å²) >= 11 is 0. The molecule has 3 rings (SSSR count). The molecule has 0 amide bonds. The standard InChI is InChI=1S/C21H27FN4O.ClH/c1-15-17(11-19(12-23)25(15)2)13-24-18-6-8-26(9-7-18)14-16-4-5-21(27-3)20(22)10-16;/h4-5,10-11,18,24H,6-9,13-14H2,1-3H3;1H. The van der Waals surface area contributed by atoms with E-state index in [1.54, 1.807) is 12.1 Å². The Hall–Kier alpha value is -2.07. The number of ether oxygens (including phenoxy) is 1. The van der Waals surface area contributed by atoms with Crippen LogP contribution in [0.1, 0.15) is 35.4 Å². The van der Waals surface area contributed by atoms with E-state index in [0.29, 0.717) is 11.7 Å². The monoisotopic (exact) mass is 406 g/mol. The minimum absolute atomic E-state index is 0. The predicted octanol–water partition coefficient (Wildman–Crippen LogP) is 3.53. The molecule has 0 saturated carbocycles. The van der Waals surface area contributed by atoms with Gasteiger partial charge in [0.25, 0.3) is 0 Å². The van der Waals surface area contributed by atoms with Gasteiger partial charge in [0.15, 0.2) is 11.6 Å². The maximum Gasteiger partial charge on any atom is 0.165 e. The molecule has 1 aromatic heterocycles. The van der Waals surface area contributed by atoms with Gasteiger partial charge in [0.1, 0.15) is 11.8 Å². The summed E-state index contributed by atoms with van der Waals surface area (Å²) in [5, 5.41) is 12.8. The molecule has 1 N–H and O–H groups in total. The molecule has 1 fully saturated rings. The highest BCUT2D eigenvalue weighted by atomic mass is 35.5. The SMILES string of the molecule is COc1ccc(CN2CCC(NCc3cc(C#N)n(C)c3C)CC2)cc1F.Cl. The van der Waals surface area contributed by atoms with Crippen LogP contribution in [0.5, 0.6) is 5.75 Å². The number of rotatable bonds is 6. The number of hydrogen-bond acceptors (Lipinski definition) is 4. The molecule has 0 aliphatic carbocycles. The predicted molar refractivity (Wildman–Crippen MR) is 110 cm³/mol. The third-order valence-corrected chi connectivity index (χ3v) is 5.55. The zero-order chi connectivity index (χ0) is 19.4. The summed E-state index contributed by atoms with van der Waals surface area (Å²) in [5.41, 5.74) is 4.00. The molecule has 0 radical (unpaired) electrons. The van der Waals surface area contributed by atoms with Crippen LogP contribution in [0.2, 0.25) is 0 Å². The zero-order valence-corrected chi connectivity index (χ0v) is 17.5. The van der Waals surface area contributed by atoms with Crippen LogP contribution in [-0.2, 0) is 20.1 Å². The average Bonchev–Trinajstić information content (AvgIpc) is 2.95. The van der Waals surface area contributed by atoms with E-state index in [4.69, 9.17) is 10.00 Å². The second-order valence-electron chi connectivity index (χ2n) is 7.21. The molecule has 0 unspecified atom stereocenters. The minimum atomic E-state index is -0.304. The van der Waals surface area contributed by atoms with Crippen molar-refractivity contribution < 1.29 is 9.13 Å². The first kappa shape index (κ1) is 22.2. The van der Waals surface area contributed by atoms with Crippen LogP contribution in [0.15, 0.2) is 24.3 Å². The Morgan fingerprint density at radius 2 is 2.00 bits per heavy atom. The highest BCUT2D eigenvalue weighted by Gasteiger charge is 2.20. The van der Waals surface area contributed by atoms with Crippen molar-refractivity contribution in [3.05, 3.63) is 52.6 Å². The Morgan fingerprint density at radius 1 is 1.29 bits per heavy atom. The number of likely N-dealkylation sites (tertiary alicyclic amines) is 1. The fourth-order valence-corrected chi connectivity index (χ4v) is 3.66. The Balaban J connectivity index is 0.00000280. The van der Waals surface area contributed by atoms with Gasteiger partial charge in [0, 0.05) is 31.9 Å². The maximum atomic E-state index is 13.8. The number of benzene rings is 1. The molecule has 1 aliphatic heterocycles. The molecular weight excluding hydrogens is 379 g/mol. The molecule has 1 aliphatic rings. The van der Waals surface area contributed by atoms with Crippen molar-refractivity contribution in [3.63, 3.8) is 0 Å². The maximum absolute atomic E-state index is 13.8. The van der Waals surface area contributed by atoms with Gasteiger partial charge in [-0.3, -0.25) is 4.90 Å². The van der Waals surface area contributed by atoms with Crippen molar-refractivity contribution in [2.24, 2.45) is 7.05 Å². The van der Waals surface area contributed by atoms with Gasteiger partial charge in [0.2, 0.25) is 0 Å². The quantitative estimate of drug-likeness (QED) is 0.797. The third-order valence-electron chi connectivity index (χ3n) is 5.55. The molecule has 28 heavy (non-hydrogen) atoms. The Labute approximate surface area is 172 Å². The molecule has 1 aromatic carbocycles. The number of nitriles is 1. The number of methoxy groups -OCH3 is 1. The summed E-state index contributed by atoms with van der Waals surface area (Å²) < 4.78 is 20.8. The number of nitrogens with zero attached hydrogens (tertiary/aromatic N) is 3. The molecule has 2 aromatic rings. The van der Waals surface area contributed by atoms with Gasteiger partial charge in [-0.15, -0.1) is 12.4 Å². The van der Waals surface area contributed by atoms with Gasteiger partial charge >= 0.3 is 0 Å². The van der Waals surface area contributed by atoms with Gasteiger partial charge in [-0.05, 0) is 62.2 Å². The highest BCUT2D eigenvalue weighted by molar-refractivity contribution is 5.85. The van der Waals surface area contributed by atoms with Gasteiger partial charge in [-0.25, -0.2) is 4.39 Å². The molecule has 152 valence electrons. The van der Waals surface area contributed by atoms with Crippen molar-refractivity contribution in [3.8, 4) is 11.8 Å². The highest BCUT2D eigenvalue weighted by Crippen LogP contribution is 2.21. The molecule has 0 atom stereocenters. The topological polar surface area (TPSA) is 53.2 Å². The lowest BCUT2D eigenvalue weighted by Crippen LogP contribution is -2.41. The first-order chi connectivity index (χ1) is 13.0. The Kier molecular flexibility index (Phi) is 7.88. The molecule has 0 spiro atoms. The number of nitrogens with one attached hydrogen (secondary N) is 1. The summed E-state index contributed by atoms with van der Waals surface area (Å²) in [4.78, 5) is 2.36. The van der Waals surface area contributed by atoms with E-state index in [9.17, 15) is 4.39 Å². The van der Waals surface area contributed by atoms with Crippen LogP contribution in [0.25, 0.3) is 0 Å². The van der Waals surface area contributed by atoms with E-state index >= 15 is 0 Å². The summed E-state index contributed by atoms with van der Waals surface area (Å²) in [6.45, 7) is 5.58. The van der Waals surface area contributed by atoms with E-state index in [1.165, 1.54) is 12.7 Å². The van der Waals surface area contributed by atoms with Gasteiger partial charge in [-0.1, -0.05) is 6.07 Å². The van der Waals surface area contributed by atoms with Crippen LogP contribution >= 0.6 is 12.4 Å². The zero-order valence-electron chi connectivity index (χ0n) is 16.7. The number of aromatic nitrogens is 1. The van der Waals surface area contributed by atoms with Crippen LogP contribution in [0, 0.1) is 24.1 Å². The second kappa shape index (κ2) is 9.92. The first-order valence-corrected chi connectivity index (χ1v) is 9.35. The summed E-state index contributed by atoms with van der Waals surface area (Å²) in [6, 6.07) is 9.85. The number of halogens is 2. The first-order valence-electron chi connectivity index (χ1n) is 9.35. The summed E-state index contributed by atoms with van der Waals surface area (Å²) in [5.74, 6) is -0.0149. The van der Waals surface area contributed by atoms with Crippen LogP contribution in [0.4, 0.5) is 4.39 Å². The molecular formula is C21H28ClFN4O. The van der Waals surface area contributed by atoms with Gasteiger partial charge in [0.05, 0.1) is 7.11 Å². The molecule has 5 nitrogen and oxygen atoms in total. The van der Waals surface area contributed by atoms with Gasteiger partial charge < -0.3 is 14.6 Å². The fraction of sp³-hybridized carbons (Fsp3) is 0.476. The molecule has 2 heterocycles. The van der Waals surface area contributed by atoms with Crippen molar-refractivity contribution in [1.29, 1.82) is 5.26 Å². The summed E-state index contributed by atoms with van der Waals surface area (Å²) in [6.07, 6.45) is 2.13. The lowest BCUT2D eigenvalue weighted by Gasteiger charge is -2.32. The van der Waals surface area contributed by atoms with E-state index in [-0.39, 0.29) is 24.0 Å². The molecule has 0 bridgehead atoms. The van der Waals surface area contributed by atoms with E-state index in [2.05, 4.69) is 23.2 Å². The van der Waals surface area contributed by atoms with Crippen molar-refractivity contribution in [2.45, 2.75) is 38.9 Å². The Bertz CT molecular complexity index is 838. The minimum Gasteiger partial charge on any atom is -0.494 e. The average molecular weight is 407 g/mol. The van der Waals surface area contributed by atoms with Crippen molar-refractivity contribution in [1.82, 2.24) is 14.8 Å². The van der Waals surface area contributed by atoms with Gasteiger partial charge in [-0.2, -0.15) is 5.26 Å². The van der Waals surface area contributed by atoms with Crippen LogP contribution in [0.3, 0.4) is 0 Å². The number of hydrogen-bond donors (Lipinski definition) is 1. The lowest BCUT2D eigenvalue weighted by molar-refractivity contribution is 0.190. The third kappa shape index (κ3) is 5.05. The van der Waals surface area contributed by atoms with Crippen LogP contribution in [-0.4, -0.2) is 35.7 Å². The largest absolute Gasteiger partial charge is 0.494 e. The van der Waals surface area contributed by atoms with E-state index < -0.39 is 0 Å². The smallest absolute Gasteiger partial charge is 0.165 e.